The number of rotatable bonds is 3. The molecule has 1 aromatic carbocycles. The zero-order valence-electron chi connectivity index (χ0n) is 14.3. The first-order valence-corrected chi connectivity index (χ1v) is 8.69. The van der Waals surface area contributed by atoms with E-state index in [1.54, 1.807) is 24.5 Å². The van der Waals surface area contributed by atoms with Crippen LogP contribution < -0.4 is 0 Å². The van der Waals surface area contributed by atoms with Crippen LogP contribution in [-0.4, -0.2) is 45.1 Å². The standard InChI is InChI=1S/C20H22N4O/c1-24-11-7-15(8-12-24)20-22-18(14-5-9-21-10-6-14)19(23-20)16-3-2-4-17(25)13-16/h2-6,9-10,13,15,25H,7-8,11-12H2,1H3,(H,22,23). The zero-order valence-corrected chi connectivity index (χ0v) is 14.3. The molecule has 128 valence electrons. The van der Waals surface area contributed by atoms with Crippen molar-refractivity contribution in [1.82, 2.24) is 19.9 Å². The topological polar surface area (TPSA) is 65.0 Å². The van der Waals surface area contributed by atoms with E-state index in [1.807, 2.05) is 24.3 Å². The molecule has 5 nitrogen and oxygen atoms in total. The quantitative estimate of drug-likeness (QED) is 0.767. The van der Waals surface area contributed by atoms with Crippen LogP contribution in [0.1, 0.15) is 24.6 Å². The predicted octanol–water partition coefficient (Wildman–Crippen LogP) is 3.65. The van der Waals surface area contributed by atoms with Gasteiger partial charge in [-0.1, -0.05) is 12.1 Å². The smallest absolute Gasteiger partial charge is 0.116 e. The minimum absolute atomic E-state index is 0.252. The highest BCUT2D eigenvalue weighted by Gasteiger charge is 2.23. The molecule has 0 bridgehead atoms. The number of aromatic amines is 1. The molecule has 25 heavy (non-hydrogen) atoms. The summed E-state index contributed by atoms with van der Waals surface area (Å²) in [6.45, 7) is 2.19. The summed E-state index contributed by atoms with van der Waals surface area (Å²) >= 11 is 0. The molecule has 0 aliphatic carbocycles. The minimum atomic E-state index is 0.252. The van der Waals surface area contributed by atoms with Crippen LogP contribution >= 0.6 is 0 Å². The number of pyridine rings is 1. The SMILES string of the molecule is CN1CCC(c2nc(-c3cccc(O)c3)c(-c3ccncc3)[nH]2)CC1. The monoisotopic (exact) mass is 334 g/mol. The maximum absolute atomic E-state index is 9.87. The number of likely N-dealkylation sites (tertiary alicyclic amines) is 1. The highest BCUT2D eigenvalue weighted by Crippen LogP contribution is 2.35. The van der Waals surface area contributed by atoms with E-state index in [1.165, 1.54) is 0 Å². The van der Waals surface area contributed by atoms with E-state index >= 15 is 0 Å². The number of benzene rings is 1. The predicted molar refractivity (Wildman–Crippen MR) is 98.4 cm³/mol. The van der Waals surface area contributed by atoms with Gasteiger partial charge in [0.1, 0.15) is 11.6 Å². The van der Waals surface area contributed by atoms with Crippen molar-refractivity contribution in [3.05, 3.63) is 54.6 Å². The van der Waals surface area contributed by atoms with Gasteiger partial charge in [-0.05, 0) is 57.2 Å². The first kappa shape index (κ1) is 15.8. The highest BCUT2D eigenvalue weighted by molar-refractivity contribution is 5.78. The van der Waals surface area contributed by atoms with Crippen molar-refractivity contribution in [2.45, 2.75) is 18.8 Å². The number of H-pyrrole nitrogens is 1. The maximum Gasteiger partial charge on any atom is 0.116 e. The van der Waals surface area contributed by atoms with Gasteiger partial charge in [0.2, 0.25) is 0 Å². The van der Waals surface area contributed by atoms with Gasteiger partial charge in [-0.25, -0.2) is 4.98 Å². The highest BCUT2D eigenvalue weighted by atomic mass is 16.3. The molecule has 4 rings (SSSR count). The van der Waals surface area contributed by atoms with Crippen molar-refractivity contribution < 1.29 is 5.11 Å². The average Bonchev–Trinajstić information content (AvgIpc) is 3.08. The van der Waals surface area contributed by atoms with Gasteiger partial charge >= 0.3 is 0 Å². The van der Waals surface area contributed by atoms with Crippen LogP contribution in [-0.2, 0) is 0 Å². The van der Waals surface area contributed by atoms with Gasteiger partial charge in [-0.2, -0.15) is 0 Å². The Hall–Kier alpha value is -2.66. The number of phenols is 1. The Morgan fingerprint density at radius 2 is 1.84 bits per heavy atom. The maximum atomic E-state index is 9.87. The lowest BCUT2D eigenvalue weighted by molar-refractivity contribution is 0.251. The van der Waals surface area contributed by atoms with E-state index in [0.29, 0.717) is 5.92 Å². The molecule has 5 heteroatoms. The summed E-state index contributed by atoms with van der Waals surface area (Å²) in [7, 11) is 2.17. The van der Waals surface area contributed by atoms with Gasteiger partial charge in [0.25, 0.3) is 0 Å². The summed E-state index contributed by atoms with van der Waals surface area (Å²) in [4.78, 5) is 15.0. The van der Waals surface area contributed by atoms with Crippen molar-refractivity contribution in [3.63, 3.8) is 0 Å². The first-order chi connectivity index (χ1) is 12.2. The molecule has 0 atom stereocenters. The van der Waals surface area contributed by atoms with Crippen LogP contribution in [0.2, 0.25) is 0 Å². The molecule has 0 spiro atoms. The molecule has 1 aliphatic rings. The molecule has 0 saturated carbocycles. The normalized spacial score (nSPS) is 16.2. The van der Waals surface area contributed by atoms with Gasteiger partial charge < -0.3 is 15.0 Å². The fraction of sp³-hybridized carbons (Fsp3) is 0.300. The molecule has 1 fully saturated rings. The van der Waals surface area contributed by atoms with Crippen molar-refractivity contribution in [2.24, 2.45) is 0 Å². The Morgan fingerprint density at radius 3 is 2.56 bits per heavy atom. The van der Waals surface area contributed by atoms with Crippen LogP contribution in [0.4, 0.5) is 0 Å². The first-order valence-electron chi connectivity index (χ1n) is 8.69. The summed E-state index contributed by atoms with van der Waals surface area (Å²) in [6.07, 6.45) is 5.80. The van der Waals surface area contributed by atoms with Crippen molar-refractivity contribution >= 4 is 0 Å². The van der Waals surface area contributed by atoms with Crippen molar-refractivity contribution in [3.8, 4) is 28.3 Å². The molecule has 0 amide bonds. The summed E-state index contributed by atoms with van der Waals surface area (Å²) in [5, 5.41) is 9.87. The number of aromatic nitrogens is 3. The molecular weight excluding hydrogens is 312 g/mol. The third-order valence-electron chi connectivity index (χ3n) is 4.92. The van der Waals surface area contributed by atoms with E-state index < -0.39 is 0 Å². The molecule has 3 aromatic rings. The molecule has 1 aliphatic heterocycles. The van der Waals surface area contributed by atoms with Gasteiger partial charge in [-0.3, -0.25) is 4.98 Å². The van der Waals surface area contributed by atoms with Gasteiger partial charge in [-0.15, -0.1) is 0 Å². The summed E-state index contributed by atoms with van der Waals surface area (Å²) < 4.78 is 0. The van der Waals surface area contributed by atoms with Gasteiger partial charge in [0, 0.05) is 29.4 Å². The number of phenolic OH excluding ortho intramolecular Hbond substituents is 1. The van der Waals surface area contributed by atoms with E-state index in [4.69, 9.17) is 4.98 Å². The number of nitrogens with zero attached hydrogens (tertiary/aromatic N) is 3. The molecular formula is C20H22N4O. The van der Waals surface area contributed by atoms with Crippen LogP contribution in [0.25, 0.3) is 22.5 Å². The number of hydrogen-bond acceptors (Lipinski definition) is 4. The minimum Gasteiger partial charge on any atom is -0.508 e. The molecule has 2 aromatic heterocycles. The third kappa shape index (κ3) is 3.28. The third-order valence-corrected chi connectivity index (χ3v) is 4.92. The number of aromatic hydroxyl groups is 1. The van der Waals surface area contributed by atoms with Crippen LogP contribution in [0.3, 0.4) is 0 Å². The zero-order chi connectivity index (χ0) is 17.2. The average molecular weight is 334 g/mol. The molecule has 3 heterocycles. The van der Waals surface area contributed by atoms with Gasteiger partial charge in [0.05, 0.1) is 11.4 Å². The number of imidazole rings is 1. The lowest BCUT2D eigenvalue weighted by Gasteiger charge is -2.27. The van der Waals surface area contributed by atoms with Crippen molar-refractivity contribution in [1.29, 1.82) is 0 Å². The second-order valence-corrected chi connectivity index (χ2v) is 6.71. The molecule has 1 saturated heterocycles. The van der Waals surface area contributed by atoms with Crippen molar-refractivity contribution in [2.75, 3.05) is 20.1 Å². The lowest BCUT2D eigenvalue weighted by atomic mass is 9.96. The second-order valence-electron chi connectivity index (χ2n) is 6.71. The summed E-state index contributed by atoms with van der Waals surface area (Å²) in [5.41, 5.74) is 3.85. The number of nitrogens with one attached hydrogen (secondary N) is 1. The lowest BCUT2D eigenvalue weighted by Crippen LogP contribution is -2.29. The van der Waals surface area contributed by atoms with E-state index in [-0.39, 0.29) is 5.75 Å². The second kappa shape index (κ2) is 6.69. The summed E-state index contributed by atoms with van der Waals surface area (Å²) in [5.74, 6) is 1.74. The van der Waals surface area contributed by atoms with E-state index in [2.05, 4.69) is 21.9 Å². The number of hydrogen-bond donors (Lipinski definition) is 2. The Labute approximate surface area is 147 Å². The molecule has 0 unspecified atom stereocenters. The van der Waals surface area contributed by atoms with Gasteiger partial charge in [0.15, 0.2) is 0 Å². The Balaban J connectivity index is 1.78. The Bertz CT molecular complexity index is 851. The van der Waals surface area contributed by atoms with E-state index in [0.717, 1.165) is 54.3 Å². The fourth-order valence-electron chi connectivity index (χ4n) is 3.46. The van der Waals surface area contributed by atoms with Crippen LogP contribution in [0, 0.1) is 0 Å². The number of piperidine rings is 1. The van der Waals surface area contributed by atoms with E-state index in [9.17, 15) is 5.11 Å². The largest absolute Gasteiger partial charge is 0.508 e. The Kier molecular flexibility index (Phi) is 4.24. The Morgan fingerprint density at radius 1 is 1.08 bits per heavy atom. The van der Waals surface area contributed by atoms with Crippen LogP contribution in [0.15, 0.2) is 48.8 Å². The summed E-state index contributed by atoms with van der Waals surface area (Å²) in [6, 6.07) is 11.2. The van der Waals surface area contributed by atoms with Crippen LogP contribution in [0.5, 0.6) is 5.75 Å². The fourth-order valence-corrected chi connectivity index (χ4v) is 3.46. The molecule has 0 radical (unpaired) electrons. The molecule has 2 N–H and O–H groups in total.